The van der Waals surface area contributed by atoms with Gasteiger partial charge < -0.3 is 10.2 Å². The van der Waals surface area contributed by atoms with Crippen LogP contribution in [0.4, 0.5) is 11.4 Å². The molecule has 2 fully saturated rings. The van der Waals surface area contributed by atoms with E-state index in [4.69, 9.17) is 0 Å². The summed E-state index contributed by atoms with van der Waals surface area (Å²) < 4.78 is 0. The molecule has 31 heavy (non-hydrogen) atoms. The van der Waals surface area contributed by atoms with E-state index >= 15 is 0 Å². The van der Waals surface area contributed by atoms with Gasteiger partial charge in [-0.2, -0.15) is 11.8 Å². The molecule has 2 atom stereocenters. The molecule has 2 saturated heterocycles. The molecule has 0 spiro atoms. The van der Waals surface area contributed by atoms with Crippen molar-refractivity contribution >= 4 is 29.0 Å². The molecule has 4 rings (SSSR count). The molecular weight excluding hydrogens is 404 g/mol. The minimum atomic E-state index is 0.0771. The maximum absolute atomic E-state index is 12.5. The molecule has 2 unspecified atom stereocenters. The monoisotopic (exact) mass is 438 g/mol. The molecule has 0 saturated carbocycles. The molecule has 5 nitrogen and oxygen atoms in total. The van der Waals surface area contributed by atoms with Crippen molar-refractivity contribution in [2.45, 2.75) is 31.7 Å². The second kappa shape index (κ2) is 10.5. The highest BCUT2D eigenvalue weighted by atomic mass is 32.2. The average molecular weight is 439 g/mol. The Hall–Kier alpha value is -2.02. The van der Waals surface area contributed by atoms with E-state index < -0.39 is 0 Å². The topological polar surface area (TPSA) is 38.8 Å². The van der Waals surface area contributed by atoms with E-state index in [1.807, 2.05) is 23.9 Å². The quantitative estimate of drug-likeness (QED) is 0.743. The van der Waals surface area contributed by atoms with Gasteiger partial charge >= 0.3 is 0 Å². The van der Waals surface area contributed by atoms with Gasteiger partial charge in [0.05, 0.1) is 6.54 Å². The highest BCUT2D eigenvalue weighted by molar-refractivity contribution is 8.00. The molecule has 166 valence electrons. The van der Waals surface area contributed by atoms with Crippen LogP contribution in [-0.4, -0.2) is 72.0 Å². The first-order valence-corrected chi connectivity index (χ1v) is 12.4. The summed E-state index contributed by atoms with van der Waals surface area (Å²) in [4.78, 5) is 19.8. The predicted octanol–water partition coefficient (Wildman–Crippen LogP) is 3.77. The SMILES string of the molecule is CC1SCCN(CC(=O)Nc2ccc(N3CCN(Cc4ccccc4)CC3)cc2)C1C. The lowest BCUT2D eigenvalue weighted by molar-refractivity contribution is -0.117. The van der Waals surface area contributed by atoms with Gasteiger partial charge in [-0.25, -0.2) is 0 Å². The Morgan fingerprint density at radius 1 is 0.968 bits per heavy atom. The fourth-order valence-corrected chi connectivity index (χ4v) is 5.53. The van der Waals surface area contributed by atoms with Crippen molar-refractivity contribution in [2.24, 2.45) is 0 Å². The van der Waals surface area contributed by atoms with Crippen LogP contribution >= 0.6 is 11.8 Å². The zero-order chi connectivity index (χ0) is 21.6. The van der Waals surface area contributed by atoms with Crippen LogP contribution in [0, 0.1) is 0 Å². The Kier molecular flexibility index (Phi) is 7.54. The number of carbonyl (C=O) groups is 1. The normalized spacial score (nSPS) is 23.0. The minimum Gasteiger partial charge on any atom is -0.369 e. The largest absolute Gasteiger partial charge is 0.369 e. The van der Waals surface area contributed by atoms with E-state index in [0.717, 1.165) is 50.7 Å². The average Bonchev–Trinajstić information content (AvgIpc) is 2.79. The van der Waals surface area contributed by atoms with Gasteiger partial charge in [0.1, 0.15) is 0 Å². The first kappa shape index (κ1) is 22.2. The number of nitrogens with zero attached hydrogens (tertiary/aromatic N) is 3. The third kappa shape index (κ3) is 6.03. The van der Waals surface area contributed by atoms with Crippen LogP contribution in [-0.2, 0) is 11.3 Å². The van der Waals surface area contributed by atoms with Crippen LogP contribution < -0.4 is 10.2 Å². The first-order chi connectivity index (χ1) is 15.1. The van der Waals surface area contributed by atoms with Crippen molar-refractivity contribution in [1.29, 1.82) is 0 Å². The molecule has 2 aromatic carbocycles. The Morgan fingerprint density at radius 2 is 1.68 bits per heavy atom. The van der Waals surface area contributed by atoms with Crippen LogP contribution in [0.15, 0.2) is 54.6 Å². The van der Waals surface area contributed by atoms with Crippen molar-refractivity contribution in [1.82, 2.24) is 9.80 Å². The molecule has 1 N–H and O–H groups in total. The molecule has 2 aromatic rings. The highest BCUT2D eigenvalue weighted by Crippen LogP contribution is 2.24. The molecule has 0 bridgehead atoms. The van der Waals surface area contributed by atoms with Gasteiger partial charge in [0.15, 0.2) is 0 Å². The standard InChI is InChI=1S/C25H34N4OS/c1-20-21(2)31-17-16-29(20)19-25(30)26-23-8-10-24(11-9-23)28-14-12-27(13-15-28)18-22-6-4-3-5-7-22/h3-11,20-21H,12-19H2,1-2H3,(H,26,30). The fourth-order valence-electron chi connectivity index (χ4n) is 4.37. The van der Waals surface area contributed by atoms with Crippen LogP contribution in [0.1, 0.15) is 19.4 Å². The summed E-state index contributed by atoms with van der Waals surface area (Å²) in [6.45, 7) is 11.1. The lowest BCUT2D eigenvalue weighted by Crippen LogP contribution is -2.47. The van der Waals surface area contributed by atoms with Gasteiger partial charge in [-0.15, -0.1) is 0 Å². The van der Waals surface area contributed by atoms with E-state index in [0.29, 0.717) is 17.8 Å². The molecule has 0 aromatic heterocycles. The number of hydrogen-bond acceptors (Lipinski definition) is 5. The van der Waals surface area contributed by atoms with Crippen molar-refractivity contribution in [3.8, 4) is 0 Å². The van der Waals surface area contributed by atoms with Crippen molar-refractivity contribution in [3.63, 3.8) is 0 Å². The summed E-state index contributed by atoms with van der Waals surface area (Å²) in [7, 11) is 0. The number of rotatable bonds is 6. The van der Waals surface area contributed by atoms with Gasteiger partial charge in [0.25, 0.3) is 0 Å². The number of anilines is 2. The van der Waals surface area contributed by atoms with Gasteiger partial charge in [-0.3, -0.25) is 14.6 Å². The van der Waals surface area contributed by atoms with Crippen LogP contribution in [0.2, 0.25) is 0 Å². The van der Waals surface area contributed by atoms with Gasteiger partial charge in [-0.1, -0.05) is 37.3 Å². The maximum Gasteiger partial charge on any atom is 0.238 e. The molecule has 0 aliphatic carbocycles. The van der Waals surface area contributed by atoms with E-state index in [1.165, 1.54) is 11.3 Å². The number of carbonyl (C=O) groups excluding carboxylic acids is 1. The Balaban J connectivity index is 1.24. The number of nitrogens with one attached hydrogen (secondary N) is 1. The molecular formula is C25H34N4OS. The predicted molar refractivity (Wildman–Crippen MR) is 132 cm³/mol. The van der Waals surface area contributed by atoms with Gasteiger partial charge in [0.2, 0.25) is 5.91 Å². The lowest BCUT2D eigenvalue weighted by atomic mass is 10.2. The summed E-state index contributed by atoms with van der Waals surface area (Å²) in [5.41, 5.74) is 3.49. The number of piperazine rings is 1. The lowest BCUT2D eigenvalue weighted by Gasteiger charge is -2.37. The van der Waals surface area contributed by atoms with E-state index in [2.05, 4.69) is 76.3 Å². The zero-order valence-corrected chi connectivity index (χ0v) is 19.5. The number of amides is 1. The molecule has 1 amide bonds. The summed E-state index contributed by atoms with van der Waals surface area (Å²) in [5.74, 6) is 1.18. The third-order valence-electron chi connectivity index (χ3n) is 6.50. The number of hydrogen-bond donors (Lipinski definition) is 1. The summed E-state index contributed by atoms with van der Waals surface area (Å²) in [5, 5.41) is 3.65. The molecule has 2 heterocycles. The van der Waals surface area contributed by atoms with Crippen molar-refractivity contribution in [2.75, 3.05) is 55.2 Å². The smallest absolute Gasteiger partial charge is 0.238 e. The van der Waals surface area contributed by atoms with Crippen LogP contribution in [0.5, 0.6) is 0 Å². The fraction of sp³-hybridized carbons (Fsp3) is 0.480. The maximum atomic E-state index is 12.5. The Bertz CT molecular complexity index is 836. The minimum absolute atomic E-state index is 0.0771. The van der Waals surface area contributed by atoms with Gasteiger partial charge in [0, 0.05) is 67.7 Å². The summed E-state index contributed by atoms with van der Waals surface area (Å²) in [6, 6.07) is 19.4. The Morgan fingerprint density at radius 3 is 2.39 bits per heavy atom. The molecule has 0 radical (unpaired) electrons. The Labute approximate surface area is 190 Å². The second-order valence-corrected chi connectivity index (χ2v) is 10.1. The van der Waals surface area contributed by atoms with Crippen LogP contribution in [0.3, 0.4) is 0 Å². The molecule has 2 aliphatic heterocycles. The molecule has 6 heteroatoms. The van der Waals surface area contributed by atoms with E-state index in [-0.39, 0.29) is 5.91 Å². The first-order valence-electron chi connectivity index (χ1n) is 11.4. The zero-order valence-electron chi connectivity index (χ0n) is 18.7. The number of thioether (sulfide) groups is 1. The van der Waals surface area contributed by atoms with E-state index in [9.17, 15) is 4.79 Å². The van der Waals surface area contributed by atoms with Crippen LogP contribution in [0.25, 0.3) is 0 Å². The summed E-state index contributed by atoms with van der Waals surface area (Å²) in [6.07, 6.45) is 0. The second-order valence-electron chi connectivity index (χ2n) is 8.63. The number of benzene rings is 2. The van der Waals surface area contributed by atoms with E-state index in [1.54, 1.807) is 0 Å². The summed E-state index contributed by atoms with van der Waals surface area (Å²) >= 11 is 2.00. The third-order valence-corrected chi connectivity index (χ3v) is 7.84. The highest BCUT2D eigenvalue weighted by Gasteiger charge is 2.26. The van der Waals surface area contributed by atoms with Crippen molar-refractivity contribution < 1.29 is 4.79 Å². The molecule has 2 aliphatic rings. The van der Waals surface area contributed by atoms with Gasteiger partial charge in [-0.05, 0) is 36.8 Å². The van der Waals surface area contributed by atoms with Crippen molar-refractivity contribution in [3.05, 3.63) is 60.2 Å².